The second-order valence-corrected chi connectivity index (χ2v) is 4.54. The van der Waals surface area contributed by atoms with E-state index in [9.17, 15) is 9.18 Å². The zero-order valence-electron chi connectivity index (χ0n) is 11.4. The van der Waals surface area contributed by atoms with Crippen molar-refractivity contribution in [1.29, 1.82) is 5.26 Å². The number of rotatable bonds is 6. The van der Waals surface area contributed by atoms with Crippen LogP contribution in [0.15, 0.2) is 24.3 Å². The maximum absolute atomic E-state index is 13.4. The Morgan fingerprint density at radius 3 is 2.74 bits per heavy atom. The van der Waals surface area contributed by atoms with Crippen molar-refractivity contribution < 1.29 is 9.18 Å². The minimum Gasteiger partial charge on any atom is -0.329 e. The number of halogens is 1. The normalized spacial score (nSPS) is 11.7. The molecule has 3 nitrogen and oxygen atoms in total. The molecule has 0 saturated heterocycles. The number of hydrogen-bond donors (Lipinski definition) is 0. The monoisotopic (exact) mass is 262 g/mol. The Hall–Kier alpha value is -1.89. The summed E-state index contributed by atoms with van der Waals surface area (Å²) in [4.78, 5) is 13.6. The van der Waals surface area contributed by atoms with Crippen molar-refractivity contribution in [3.63, 3.8) is 0 Å². The maximum Gasteiger partial charge on any atom is 0.226 e. The first kappa shape index (κ1) is 15.2. The highest BCUT2D eigenvalue weighted by molar-refractivity contribution is 5.78. The molecule has 1 rings (SSSR count). The number of nitriles is 1. The smallest absolute Gasteiger partial charge is 0.226 e. The summed E-state index contributed by atoms with van der Waals surface area (Å²) in [5, 5.41) is 8.65. The van der Waals surface area contributed by atoms with Crippen LogP contribution in [0.5, 0.6) is 0 Å². The van der Waals surface area contributed by atoms with Gasteiger partial charge < -0.3 is 4.90 Å². The van der Waals surface area contributed by atoms with Gasteiger partial charge in [-0.25, -0.2) is 4.39 Å². The van der Waals surface area contributed by atoms with Gasteiger partial charge in [-0.2, -0.15) is 5.26 Å². The average molecular weight is 262 g/mol. The second-order valence-electron chi connectivity index (χ2n) is 4.54. The van der Waals surface area contributed by atoms with E-state index in [1.807, 2.05) is 19.9 Å². The summed E-state index contributed by atoms with van der Waals surface area (Å²) in [6.07, 6.45) is 1.12. The first-order valence-electron chi connectivity index (χ1n) is 6.49. The summed E-state index contributed by atoms with van der Waals surface area (Å²) < 4.78 is 13.4. The van der Waals surface area contributed by atoms with Gasteiger partial charge >= 0.3 is 0 Å². The van der Waals surface area contributed by atoms with Crippen LogP contribution in [0.1, 0.15) is 25.8 Å². The molecule has 1 aromatic rings. The quantitative estimate of drug-likeness (QED) is 0.740. The molecule has 0 saturated carbocycles. The van der Waals surface area contributed by atoms with Gasteiger partial charge in [-0.15, -0.1) is 0 Å². The molecule has 1 amide bonds. The number of aryl methyl sites for hydroxylation is 1. The lowest BCUT2D eigenvalue weighted by Gasteiger charge is -2.21. The molecular formula is C15H19FN2O. The lowest BCUT2D eigenvalue weighted by Crippen LogP contribution is -2.35. The van der Waals surface area contributed by atoms with Crippen LogP contribution in [-0.2, 0) is 11.2 Å². The van der Waals surface area contributed by atoms with Crippen molar-refractivity contribution in [2.45, 2.75) is 26.7 Å². The maximum atomic E-state index is 13.4. The van der Waals surface area contributed by atoms with Gasteiger partial charge in [-0.05, 0) is 31.4 Å². The molecule has 4 heteroatoms. The molecule has 1 atom stereocenters. The number of amides is 1. The summed E-state index contributed by atoms with van der Waals surface area (Å²) in [6, 6.07) is 8.59. The Bertz CT molecular complexity index is 467. The number of carbonyl (C=O) groups excluding carboxylic acids is 1. The lowest BCUT2D eigenvalue weighted by molar-refractivity contribution is -0.134. The van der Waals surface area contributed by atoms with Crippen LogP contribution in [0.4, 0.5) is 4.39 Å². The molecule has 0 unspecified atom stereocenters. The van der Waals surface area contributed by atoms with E-state index in [0.29, 0.717) is 24.9 Å². The van der Waals surface area contributed by atoms with E-state index in [1.54, 1.807) is 18.2 Å². The molecule has 0 radical (unpaired) electrons. The van der Waals surface area contributed by atoms with Crippen LogP contribution in [0.2, 0.25) is 0 Å². The van der Waals surface area contributed by atoms with Gasteiger partial charge in [-0.1, -0.05) is 25.1 Å². The van der Waals surface area contributed by atoms with Crippen LogP contribution in [0, 0.1) is 23.1 Å². The molecule has 0 aliphatic rings. The standard InChI is InChI=1S/C15H19FN2O/c1-3-18(11-10-17)15(19)12(2)8-9-13-6-4-5-7-14(13)16/h4-7,12H,3,8-9,11H2,1-2H3/t12-/m0/s1. The Labute approximate surface area is 113 Å². The highest BCUT2D eigenvalue weighted by Crippen LogP contribution is 2.14. The molecule has 0 N–H and O–H groups in total. The molecule has 1 aromatic carbocycles. The molecule has 0 aliphatic carbocycles. The topological polar surface area (TPSA) is 44.1 Å². The largest absolute Gasteiger partial charge is 0.329 e. The summed E-state index contributed by atoms with van der Waals surface area (Å²) in [5.74, 6) is -0.472. The average Bonchev–Trinajstić information content (AvgIpc) is 2.42. The van der Waals surface area contributed by atoms with Gasteiger partial charge in [0.2, 0.25) is 5.91 Å². The highest BCUT2D eigenvalue weighted by Gasteiger charge is 2.19. The van der Waals surface area contributed by atoms with Crippen molar-refractivity contribution in [1.82, 2.24) is 4.90 Å². The van der Waals surface area contributed by atoms with E-state index in [2.05, 4.69) is 0 Å². The molecule has 19 heavy (non-hydrogen) atoms. The highest BCUT2D eigenvalue weighted by atomic mass is 19.1. The van der Waals surface area contributed by atoms with Crippen molar-refractivity contribution in [2.24, 2.45) is 5.92 Å². The van der Waals surface area contributed by atoms with E-state index in [4.69, 9.17) is 5.26 Å². The van der Waals surface area contributed by atoms with Crippen LogP contribution in [0.3, 0.4) is 0 Å². The van der Waals surface area contributed by atoms with Crippen LogP contribution >= 0.6 is 0 Å². The number of hydrogen-bond acceptors (Lipinski definition) is 2. The molecule has 0 heterocycles. The van der Waals surface area contributed by atoms with Crippen molar-refractivity contribution in [3.8, 4) is 6.07 Å². The summed E-state index contributed by atoms with van der Waals surface area (Å²) in [5.41, 5.74) is 0.630. The minimum atomic E-state index is -0.230. The fraction of sp³-hybridized carbons (Fsp3) is 0.467. The zero-order chi connectivity index (χ0) is 14.3. The molecule has 0 spiro atoms. The molecule has 0 bridgehead atoms. The predicted molar refractivity (Wildman–Crippen MR) is 71.8 cm³/mol. The lowest BCUT2D eigenvalue weighted by atomic mass is 9.99. The van der Waals surface area contributed by atoms with Gasteiger partial charge in [0.25, 0.3) is 0 Å². The molecule has 0 fully saturated rings. The Morgan fingerprint density at radius 1 is 1.47 bits per heavy atom. The van der Waals surface area contributed by atoms with Gasteiger partial charge in [0.15, 0.2) is 0 Å². The zero-order valence-corrected chi connectivity index (χ0v) is 11.4. The SMILES string of the molecule is CCN(CC#N)C(=O)[C@@H](C)CCc1ccccc1F. The van der Waals surface area contributed by atoms with Gasteiger partial charge in [0, 0.05) is 12.5 Å². The van der Waals surface area contributed by atoms with Crippen molar-refractivity contribution in [2.75, 3.05) is 13.1 Å². The summed E-state index contributed by atoms with van der Waals surface area (Å²) in [7, 11) is 0. The third-order valence-electron chi connectivity index (χ3n) is 3.18. The van der Waals surface area contributed by atoms with Crippen LogP contribution in [0.25, 0.3) is 0 Å². The Morgan fingerprint density at radius 2 is 2.16 bits per heavy atom. The van der Waals surface area contributed by atoms with E-state index in [-0.39, 0.29) is 24.2 Å². The predicted octanol–water partition coefficient (Wildman–Crippen LogP) is 2.77. The van der Waals surface area contributed by atoms with Crippen LogP contribution < -0.4 is 0 Å². The fourth-order valence-electron chi connectivity index (χ4n) is 1.94. The molecule has 0 aliphatic heterocycles. The summed E-state index contributed by atoms with van der Waals surface area (Å²) >= 11 is 0. The number of benzene rings is 1. The van der Waals surface area contributed by atoms with Crippen molar-refractivity contribution >= 4 is 5.91 Å². The number of nitrogens with zero attached hydrogens (tertiary/aromatic N) is 2. The van der Waals surface area contributed by atoms with E-state index in [0.717, 1.165) is 0 Å². The minimum absolute atomic E-state index is 0.0413. The van der Waals surface area contributed by atoms with E-state index >= 15 is 0 Å². The first-order chi connectivity index (χ1) is 9.10. The van der Waals surface area contributed by atoms with Crippen molar-refractivity contribution in [3.05, 3.63) is 35.6 Å². The second kappa shape index (κ2) is 7.52. The molecule has 102 valence electrons. The third kappa shape index (κ3) is 4.36. The fourth-order valence-corrected chi connectivity index (χ4v) is 1.94. The van der Waals surface area contributed by atoms with Gasteiger partial charge in [0.1, 0.15) is 12.4 Å². The molecule has 0 aromatic heterocycles. The summed E-state index contributed by atoms with van der Waals surface area (Å²) in [6.45, 7) is 4.30. The molecular weight excluding hydrogens is 243 g/mol. The van der Waals surface area contributed by atoms with E-state index < -0.39 is 0 Å². The number of carbonyl (C=O) groups is 1. The Kier molecular flexibility index (Phi) is 6.01. The first-order valence-corrected chi connectivity index (χ1v) is 6.49. The van der Waals surface area contributed by atoms with Gasteiger partial charge in [0.05, 0.1) is 6.07 Å². The van der Waals surface area contributed by atoms with E-state index in [1.165, 1.54) is 11.0 Å². The third-order valence-corrected chi connectivity index (χ3v) is 3.18. The van der Waals surface area contributed by atoms with Gasteiger partial charge in [-0.3, -0.25) is 4.79 Å². The Balaban J connectivity index is 2.56. The van der Waals surface area contributed by atoms with Crippen LogP contribution in [-0.4, -0.2) is 23.9 Å².